The van der Waals surface area contributed by atoms with Gasteiger partial charge in [-0.2, -0.15) is 0 Å². The average molecular weight is 242 g/mol. The van der Waals surface area contributed by atoms with Gasteiger partial charge in [-0.15, -0.1) is 0 Å². The molecule has 0 saturated carbocycles. The van der Waals surface area contributed by atoms with Crippen molar-refractivity contribution in [3.63, 3.8) is 0 Å². The van der Waals surface area contributed by atoms with Crippen LogP contribution in [0.5, 0.6) is 0 Å². The number of hydrogen-bond donors (Lipinski definition) is 2. The first-order chi connectivity index (χ1) is 7.12. The molecule has 0 radical (unpaired) electrons. The predicted octanol–water partition coefficient (Wildman–Crippen LogP) is 3.22. The van der Waals surface area contributed by atoms with Gasteiger partial charge in [0.15, 0.2) is 0 Å². The summed E-state index contributed by atoms with van der Waals surface area (Å²) >= 11 is 0. The van der Waals surface area contributed by atoms with Crippen molar-refractivity contribution >= 4 is 7.60 Å². The van der Waals surface area contributed by atoms with Crippen LogP contribution in [-0.2, 0) is 9.98 Å². The summed E-state index contributed by atoms with van der Waals surface area (Å²) in [5.74, 6) is 0. The maximum atomic E-state index is 11.2. The molecular formula is C12H19O3P. The van der Waals surface area contributed by atoms with Crippen LogP contribution in [0.1, 0.15) is 44.5 Å². The number of benzene rings is 1. The van der Waals surface area contributed by atoms with E-state index in [1.54, 1.807) is 13.0 Å². The van der Waals surface area contributed by atoms with Gasteiger partial charge in [0.1, 0.15) is 0 Å². The van der Waals surface area contributed by atoms with Crippen molar-refractivity contribution in [3.05, 3.63) is 35.4 Å². The van der Waals surface area contributed by atoms with Gasteiger partial charge < -0.3 is 9.79 Å². The Morgan fingerprint density at radius 3 is 2.25 bits per heavy atom. The Kier molecular flexibility index (Phi) is 3.63. The van der Waals surface area contributed by atoms with Crippen molar-refractivity contribution < 1.29 is 14.4 Å². The lowest BCUT2D eigenvalue weighted by atomic mass is 9.86. The van der Waals surface area contributed by atoms with E-state index in [-0.39, 0.29) is 5.41 Å². The van der Waals surface area contributed by atoms with Crippen molar-refractivity contribution in [2.45, 2.75) is 38.8 Å². The molecule has 90 valence electrons. The highest BCUT2D eigenvalue weighted by atomic mass is 31.2. The van der Waals surface area contributed by atoms with Crippen molar-refractivity contribution in [1.29, 1.82) is 0 Å². The molecule has 1 aromatic rings. The van der Waals surface area contributed by atoms with Gasteiger partial charge in [-0.1, -0.05) is 45.0 Å². The van der Waals surface area contributed by atoms with Crippen LogP contribution < -0.4 is 0 Å². The minimum Gasteiger partial charge on any atom is -0.324 e. The fourth-order valence-corrected chi connectivity index (χ4v) is 2.01. The fraction of sp³-hybridized carbons (Fsp3) is 0.500. The third-order valence-corrected chi connectivity index (χ3v) is 4.05. The van der Waals surface area contributed by atoms with Crippen molar-refractivity contribution in [1.82, 2.24) is 0 Å². The van der Waals surface area contributed by atoms with Gasteiger partial charge in [0, 0.05) is 0 Å². The highest BCUT2D eigenvalue weighted by Gasteiger charge is 2.26. The van der Waals surface area contributed by atoms with Crippen LogP contribution in [0.15, 0.2) is 24.3 Å². The summed E-state index contributed by atoms with van der Waals surface area (Å²) < 4.78 is 11.2. The largest absolute Gasteiger partial charge is 0.332 e. The Balaban J connectivity index is 3.14. The molecule has 4 heteroatoms. The van der Waals surface area contributed by atoms with Crippen molar-refractivity contribution in [2.75, 3.05) is 0 Å². The molecule has 1 aromatic carbocycles. The monoisotopic (exact) mass is 242 g/mol. The number of hydrogen-bond acceptors (Lipinski definition) is 1. The summed E-state index contributed by atoms with van der Waals surface area (Å²) in [6.07, 6.45) is 0. The zero-order chi connectivity index (χ0) is 12.6. The van der Waals surface area contributed by atoms with Gasteiger partial charge in [-0.25, -0.2) is 0 Å². The molecule has 16 heavy (non-hydrogen) atoms. The SMILES string of the molecule is C[C@H](c1cccc(C(C)(C)C)c1)P(=O)(O)O. The van der Waals surface area contributed by atoms with Crippen LogP contribution in [-0.4, -0.2) is 9.79 Å². The van der Waals surface area contributed by atoms with E-state index in [0.29, 0.717) is 5.56 Å². The minimum atomic E-state index is -4.05. The molecule has 0 bridgehead atoms. The summed E-state index contributed by atoms with van der Waals surface area (Å²) in [5, 5.41) is 0. The van der Waals surface area contributed by atoms with Gasteiger partial charge in [0.05, 0.1) is 5.66 Å². The quantitative estimate of drug-likeness (QED) is 0.783. The molecular weight excluding hydrogens is 223 g/mol. The molecule has 0 aliphatic rings. The Hall–Kier alpha value is -0.630. The molecule has 1 rings (SSSR count). The van der Waals surface area contributed by atoms with E-state index in [1.807, 2.05) is 18.2 Å². The first-order valence-electron chi connectivity index (χ1n) is 5.28. The lowest BCUT2D eigenvalue weighted by Crippen LogP contribution is -2.11. The smallest absolute Gasteiger partial charge is 0.324 e. The van der Waals surface area contributed by atoms with E-state index in [0.717, 1.165) is 5.56 Å². The molecule has 0 heterocycles. The van der Waals surface area contributed by atoms with E-state index < -0.39 is 13.3 Å². The predicted molar refractivity (Wildman–Crippen MR) is 65.6 cm³/mol. The topological polar surface area (TPSA) is 57.5 Å². The Bertz CT molecular complexity index is 415. The third kappa shape index (κ3) is 3.18. The molecule has 0 amide bonds. The zero-order valence-corrected chi connectivity index (χ0v) is 11.0. The van der Waals surface area contributed by atoms with Gasteiger partial charge in [0.25, 0.3) is 0 Å². The van der Waals surface area contributed by atoms with Gasteiger partial charge >= 0.3 is 7.60 Å². The van der Waals surface area contributed by atoms with Gasteiger partial charge in [-0.05, 0) is 23.5 Å². The molecule has 0 unspecified atom stereocenters. The molecule has 0 saturated heterocycles. The zero-order valence-electron chi connectivity index (χ0n) is 10.1. The first-order valence-corrected chi connectivity index (χ1v) is 6.96. The first kappa shape index (κ1) is 13.4. The third-order valence-electron chi connectivity index (χ3n) is 2.74. The van der Waals surface area contributed by atoms with E-state index >= 15 is 0 Å². The Labute approximate surface area is 96.7 Å². The fourth-order valence-electron chi connectivity index (χ4n) is 1.46. The van der Waals surface area contributed by atoms with Crippen LogP contribution in [0.2, 0.25) is 0 Å². The van der Waals surface area contributed by atoms with Crippen LogP contribution in [0.3, 0.4) is 0 Å². The summed E-state index contributed by atoms with van der Waals surface area (Å²) in [6.45, 7) is 7.79. The molecule has 0 aliphatic heterocycles. The van der Waals surface area contributed by atoms with Crippen LogP contribution in [0, 0.1) is 0 Å². The van der Waals surface area contributed by atoms with Crippen LogP contribution in [0.25, 0.3) is 0 Å². The minimum absolute atomic E-state index is 0.00930. The molecule has 0 spiro atoms. The van der Waals surface area contributed by atoms with Gasteiger partial charge in [-0.3, -0.25) is 4.57 Å². The van der Waals surface area contributed by atoms with Crippen LogP contribution >= 0.6 is 7.60 Å². The maximum absolute atomic E-state index is 11.2. The molecule has 1 atom stereocenters. The second kappa shape index (κ2) is 4.33. The molecule has 0 fully saturated rings. The summed E-state index contributed by atoms with van der Waals surface area (Å²) in [7, 11) is -4.05. The lowest BCUT2D eigenvalue weighted by molar-refractivity contribution is 0.361. The van der Waals surface area contributed by atoms with Crippen molar-refractivity contribution in [2.24, 2.45) is 0 Å². The molecule has 3 nitrogen and oxygen atoms in total. The Morgan fingerprint density at radius 1 is 1.25 bits per heavy atom. The maximum Gasteiger partial charge on any atom is 0.332 e. The normalized spacial score (nSPS) is 14.9. The highest BCUT2D eigenvalue weighted by molar-refractivity contribution is 7.52. The van der Waals surface area contributed by atoms with E-state index in [2.05, 4.69) is 20.8 Å². The van der Waals surface area contributed by atoms with Crippen molar-refractivity contribution in [3.8, 4) is 0 Å². The lowest BCUT2D eigenvalue weighted by Gasteiger charge is -2.21. The average Bonchev–Trinajstić information content (AvgIpc) is 2.14. The molecule has 2 N–H and O–H groups in total. The highest BCUT2D eigenvalue weighted by Crippen LogP contribution is 2.51. The summed E-state index contributed by atoms with van der Waals surface area (Å²) in [5.41, 5.74) is 1.03. The molecule has 0 aromatic heterocycles. The van der Waals surface area contributed by atoms with E-state index in [9.17, 15) is 4.57 Å². The molecule has 0 aliphatic carbocycles. The summed E-state index contributed by atoms with van der Waals surface area (Å²) in [4.78, 5) is 18.3. The van der Waals surface area contributed by atoms with E-state index in [1.165, 1.54) is 0 Å². The Morgan fingerprint density at radius 2 is 1.81 bits per heavy atom. The van der Waals surface area contributed by atoms with Gasteiger partial charge in [0.2, 0.25) is 0 Å². The van der Waals surface area contributed by atoms with Crippen LogP contribution in [0.4, 0.5) is 0 Å². The standard InChI is InChI=1S/C12H19O3P/c1-9(16(13,14)15)10-6-5-7-11(8-10)12(2,3)4/h5-9H,1-4H3,(H2,13,14,15)/t9-/m1/s1. The second-order valence-corrected chi connectivity index (χ2v) is 7.09. The summed E-state index contributed by atoms with van der Waals surface area (Å²) in [6, 6.07) is 7.47. The number of rotatable bonds is 2. The van der Waals surface area contributed by atoms with E-state index in [4.69, 9.17) is 9.79 Å². The second-order valence-electron chi connectivity index (χ2n) is 5.14.